The second kappa shape index (κ2) is 8.88. The number of amides is 1. The first-order valence-electron chi connectivity index (χ1n) is 8.74. The van der Waals surface area contributed by atoms with Crippen molar-refractivity contribution in [2.75, 3.05) is 26.1 Å². The maximum absolute atomic E-state index is 12.2. The van der Waals surface area contributed by atoms with Crippen LogP contribution in [0.3, 0.4) is 0 Å². The SMILES string of the molecule is C[C@@H](NC(=O)COC(=O)c1ccccc1[S@](C)=O)c1ccc2c(c1)OCCO2. The molecule has 0 fully saturated rings. The molecule has 0 saturated carbocycles. The van der Waals surface area contributed by atoms with Crippen molar-refractivity contribution >= 4 is 22.7 Å². The van der Waals surface area contributed by atoms with Crippen LogP contribution in [-0.2, 0) is 20.3 Å². The maximum Gasteiger partial charge on any atom is 0.339 e. The fourth-order valence-corrected chi connectivity index (χ4v) is 3.52. The molecule has 8 heteroatoms. The first-order valence-corrected chi connectivity index (χ1v) is 10.3. The van der Waals surface area contributed by atoms with E-state index >= 15 is 0 Å². The van der Waals surface area contributed by atoms with Crippen LogP contribution < -0.4 is 14.8 Å². The van der Waals surface area contributed by atoms with Crippen LogP contribution in [0.25, 0.3) is 0 Å². The molecule has 0 aromatic heterocycles. The predicted octanol–water partition coefficient (Wildman–Crippen LogP) is 2.23. The molecule has 1 amide bonds. The Kier molecular flexibility index (Phi) is 6.30. The molecule has 7 nitrogen and oxygen atoms in total. The molecular formula is C20H21NO6S. The van der Waals surface area contributed by atoms with E-state index in [9.17, 15) is 13.8 Å². The minimum Gasteiger partial charge on any atom is -0.486 e. The zero-order valence-corrected chi connectivity index (χ0v) is 16.4. The molecule has 0 radical (unpaired) electrons. The van der Waals surface area contributed by atoms with Gasteiger partial charge in [0.1, 0.15) is 13.2 Å². The van der Waals surface area contributed by atoms with Crippen LogP contribution in [0.15, 0.2) is 47.4 Å². The van der Waals surface area contributed by atoms with Crippen LogP contribution in [-0.4, -0.2) is 42.2 Å². The number of hydrogen-bond acceptors (Lipinski definition) is 6. The molecular weight excluding hydrogens is 382 g/mol. The number of esters is 1. The van der Waals surface area contributed by atoms with Crippen LogP contribution in [0.4, 0.5) is 0 Å². The van der Waals surface area contributed by atoms with Gasteiger partial charge in [0.05, 0.1) is 27.3 Å². The van der Waals surface area contributed by atoms with Crippen molar-refractivity contribution in [1.29, 1.82) is 0 Å². The summed E-state index contributed by atoms with van der Waals surface area (Å²) in [6, 6.07) is 11.6. The molecule has 0 spiro atoms. The summed E-state index contributed by atoms with van der Waals surface area (Å²) in [5.41, 5.74) is 1.03. The van der Waals surface area contributed by atoms with Gasteiger partial charge in [-0.3, -0.25) is 9.00 Å². The molecule has 148 valence electrons. The van der Waals surface area contributed by atoms with Crippen molar-refractivity contribution in [3.63, 3.8) is 0 Å². The molecule has 1 aliphatic heterocycles. The van der Waals surface area contributed by atoms with E-state index in [2.05, 4.69) is 5.32 Å². The Morgan fingerprint density at radius 2 is 1.86 bits per heavy atom. The summed E-state index contributed by atoms with van der Waals surface area (Å²) in [6.45, 7) is 2.38. The zero-order valence-electron chi connectivity index (χ0n) is 15.6. The van der Waals surface area contributed by atoms with Gasteiger partial charge in [0.25, 0.3) is 5.91 Å². The van der Waals surface area contributed by atoms with Crippen LogP contribution in [0.5, 0.6) is 11.5 Å². The van der Waals surface area contributed by atoms with Gasteiger partial charge in [-0.15, -0.1) is 0 Å². The van der Waals surface area contributed by atoms with Gasteiger partial charge in [0, 0.05) is 6.26 Å². The number of carbonyl (C=O) groups excluding carboxylic acids is 2. The average molecular weight is 403 g/mol. The summed E-state index contributed by atoms with van der Waals surface area (Å²) in [6.07, 6.45) is 1.48. The summed E-state index contributed by atoms with van der Waals surface area (Å²) in [7, 11) is -1.33. The first-order chi connectivity index (χ1) is 13.5. The molecule has 1 aliphatic rings. The van der Waals surface area contributed by atoms with E-state index in [1.807, 2.05) is 19.1 Å². The number of hydrogen-bond donors (Lipinski definition) is 1. The molecule has 3 rings (SSSR count). The topological polar surface area (TPSA) is 90.9 Å². The number of rotatable bonds is 6. The molecule has 0 bridgehead atoms. The zero-order chi connectivity index (χ0) is 20.1. The molecule has 0 aliphatic carbocycles. The smallest absolute Gasteiger partial charge is 0.339 e. The lowest BCUT2D eigenvalue weighted by molar-refractivity contribution is -0.124. The Balaban J connectivity index is 1.57. The first kappa shape index (κ1) is 19.9. The van der Waals surface area contributed by atoms with E-state index < -0.39 is 29.3 Å². The van der Waals surface area contributed by atoms with Gasteiger partial charge in [0.2, 0.25) is 0 Å². The van der Waals surface area contributed by atoms with Gasteiger partial charge in [-0.05, 0) is 36.8 Å². The van der Waals surface area contributed by atoms with E-state index in [4.69, 9.17) is 14.2 Å². The van der Waals surface area contributed by atoms with Crippen LogP contribution in [0.2, 0.25) is 0 Å². The van der Waals surface area contributed by atoms with Gasteiger partial charge in [-0.2, -0.15) is 0 Å². The fourth-order valence-electron chi connectivity index (χ4n) is 2.79. The van der Waals surface area contributed by atoms with Crippen molar-refractivity contribution < 1.29 is 28.0 Å². The summed E-state index contributed by atoms with van der Waals surface area (Å²) in [5, 5.41) is 2.77. The standard InChI is InChI=1S/C20H21NO6S/c1-13(14-7-8-16-17(11-14)26-10-9-25-16)21-19(22)12-27-20(23)15-5-3-4-6-18(15)28(2)24/h3-8,11,13H,9-10,12H2,1-2H3,(H,21,22)/t13-,28+/m1/s1. The Labute approximate surface area is 165 Å². The molecule has 1 heterocycles. The highest BCUT2D eigenvalue weighted by molar-refractivity contribution is 7.84. The second-order valence-electron chi connectivity index (χ2n) is 6.22. The van der Waals surface area contributed by atoms with Crippen LogP contribution in [0, 0.1) is 0 Å². The van der Waals surface area contributed by atoms with Crippen LogP contribution in [0.1, 0.15) is 28.9 Å². The third-order valence-corrected chi connectivity index (χ3v) is 5.17. The van der Waals surface area contributed by atoms with Gasteiger partial charge in [0.15, 0.2) is 18.1 Å². The normalized spacial score (nSPS) is 14.6. The van der Waals surface area contributed by atoms with Crippen molar-refractivity contribution in [3.8, 4) is 11.5 Å². The fraction of sp³-hybridized carbons (Fsp3) is 0.300. The second-order valence-corrected chi connectivity index (χ2v) is 7.57. The van der Waals surface area contributed by atoms with Gasteiger partial charge >= 0.3 is 5.97 Å². The largest absolute Gasteiger partial charge is 0.486 e. The lowest BCUT2D eigenvalue weighted by atomic mass is 10.1. The van der Waals surface area contributed by atoms with E-state index in [0.29, 0.717) is 29.6 Å². The lowest BCUT2D eigenvalue weighted by Gasteiger charge is -2.21. The third-order valence-electron chi connectivity index (χ3n) is 4.19. The number of fused-ring (bicyclic) bond motifs is 1. The number of ether oxygens (including phenoxy) is 3. The minimum atomic E-state index is -1.33. The van der Waals surface area contributed by atoms with Gasteiger partial charge in [-0.25, -0.2) is 4.79 Å². The predicted molar refractivity (Wildman–Crippen MR) is 103 cm³/mol. The molecule has 0 unspecified atom stereocenters. The Hall–Kier alpha value is -2.87. The number of carbonyl (C=O) groups is 2. The number of benzene rings is 2. The molecule has 0 saturated heterocycles. The maximum atomic E-state index is 12.2. The van der Waals surface area contributed by atoms with Crippen LogP contribution >= 0.6 is 0 Å². The highest BCUT2D eigenvalue weighted by Crippen LogP contribution is 2.32. The quantitative estimate of drug-likeness (QED) is 0.744. The highest BCUT2D eigenvalue weighted by atomic mass is 32.2. The van der Waals surface area contributed by atoms with Crippen molar-refractivity contribution in [2.24, 2.45) is 0 Å². The van der Waals surface area contributed by atoms with E-state index in [1.54, 1.807) is 24.3 Å². The molecule has 28 heavy (non-hydrogen) atoms. The minimum absolute atomic E-state index is 0.191. The van der Waals surface area contributed by atoms with Gasteiger partial charge < -0.3 is 19.5 Å². The van der Waals surface area contributed by atoms with E-state index in [0.717, 1.165) is 5.56 Å². The Bertz CT molecular complexity index is 913. The summed E-state index contributed by atoms with van der Waals surface area (Å²) in [5.74, 6) is 0.189. The van der Waals surface area contributed by atoms with Crippen molar-refractivity contribution in [3.05, 3.63) is 53.6 Å². The summed E-state index contributed by atoms with van der Waals surface area (Å²) < 4.78 is 27.8. The Morgan fingerprint density at radius 1 is 1.14 bits per heavy atom. The lowest BCUT2D eigenvalue weighted by Crippen LogP contribution is -2.31. The van der Waals surface area contributed by atoms with E-state index in [-0.39, 0.29) is 11.6 Å². The molecule has 1 N–H and O–H groups in total. The monoisotopic (exact) mass is 403 g/mol. The summed E-state index contributed by atoms with van der Waals surface area (Å²) in [4.78, 5) is 24.8. The Morgan fingerprint density at radius 3 is 2.61 bits per heavy atom. The molecule has 2 atom stereocenters. The van der Waals surface area contributed by atoms with Crippen molar-refractivity contribution in [1.82, 2.24) is 5.32 Å². The molecule has 2 aromatic rings. The average Bonchev–Trinajstić information content (AvgIpc) is 2.71. The highest BCUT2D eigenvalue weighted by Gasteiger charge is 2.18. The number of nitrogens with one attached hydrogen (secondary N) is 1. The summed E-state index contributed by atoms with van der Waals surface area (Å²) >= 11 is 0. The molecule has 2 aromatic carbocycles. The van der Waals surface area contributed by atoms with Gasteiger partial charge in [-0.1, -0.05) is 18.2 Å². The van der Waals surface area contributed by atoms with Crippen molar-refractivity contribution in [2.45, 2.75) is 17.9 Å². The van der Waals surface area contributed by atoms with E-state index in [1.165, 1.54) is 12.3 Å². The third kappa shape index (κ3) is 4.69.